The lowest BCUT2D eigenvalue weighted by Crippen LogP contribution is -2.38. The Bertz CT molecular complexity index is 977. The van der Waals surface area contributed by atoms with Crippen molar-refractivity contribution in [1.29, 1.82) is 0 Å². The highest BCUT2D eigenvalue weighted by Gasteiger charge is 2.22. The Balaban J connectivity index is 1.94. The standard InChI is InChI=1S/C24H32N4OS/c1-6-18-9-14-21-22(17-18)30-24(25-21)28(16-15-27(7-2)8-3)23(29)19-10-12-20(13-11-19)26(4)5/h9-14,17H,6-8,15-16H2,1-5H3. The van der Waals surface area contributed by atoms with E-state index in [0.29, 0.717) is 12.1 Å². The van der Waals surface area contributed by atoms with Gasteiger partial charge >= 0.3 is 0 Å². The summed E-state index contributed by atoms with van der Waals surface area (Å²) in [7, 11) is 4.00. The lowest BCUT2D eigenvalue weighted by Gasteiger charge is -2.25. The quantitative estimate of drug-likeness (QED) is 0.489. The van der Waals surface area contributed by atoms with E-state index in [4.69, 9.17) is 4.98 Å². The van der Waals surface area contributed by atoms with Crippen LogP contribution in [-0.2, 0) is 6.42 Å². The second-order valence-corrected chi connectivity index (χ2v) is 8.59. The molecule has 1 amide bonds. The Labute approximate surface area is 183 Å². The number of carbonyl (C=O) groups is 1. The van der Waals surface area contributed by atoms with Crippen LogP contribution in [0.5, 0.6) is 0 Å². The van der Waals surface area contributed by atoms with Gasteiger partial charge in [0.25, 0.3) is 5.91 Å². The summed E-state index contributed by atoms with van der Waals surface area (Å²) in [5.74, 6) is 0.00207. The number of aryl methyl sites for hydroxylation is 1. The number of hydrogen-bond acceptors (Lipinski definition) is 5. The van der Waals surface area contributed by atoms with E-state index in [2.05, 4.69) is 43.9 Å². The van der Waals surface area contributed by atoms with Crippen LogP contribution < -0.4 is 9.80 Å². The number of benzene rings is 2. The van der Waals surface area contributed by atoms with E-state index in [-0.39, 0.29) is 5.91 Å². The third-order valence-corrected chi connectivity index (χ3v) is 6.53. The maximum atomic E-state index is 13.5. The minimum Gasteiger partial charge on any atom is -0.378 e. The first kappa shape index (κ1) is 22.2. The summed E-state index contributed by atoms with van der Waals surface area (Å²) in [4.78, 5) is 24.5. The fraction of sp³-hybridized carbons (Fsp3) is 0.417. The van der Waals surface area contributed by atoms with Crippen molar-refractivity contribution >= 4 is 38.3 Å². The van der Waals surface area contributed by atoms with E-state index >= 15 is 0 Å². The molecule has 0 fully saturated rings. The zero-order chi connectivity index (χ0) is 21.7. The predicted molar refractivity (Wildman–Crippen MR) is 129 cm³/mol. The molecule has 160 valence electrons. The molecule has 2 aromatic carbocycles. The second kappa shape index (κ2) is 10.0. The maximum Gasteiger partial charge on any atom is 0.260 e. The minimum atomic E-state index is 0.00207. The van der Waals surface area contributed by atoms with Crippen molar-refractivity contribution < 1.29 is 4.79 Å². The van der Waals surface area contributed by atoms with Gasteiger partial charge in [0.2, 0.25) is 0 Å². The van der Waals surface area contributed by atoms with Gasteiger partial charge in [0.05, 0.1) is 10.2 Å². The summed E-state index contributed by atoms with van der Waals surface area (Å²) in [5, 5.41) is 0.770. The van der Waals surface area contributed by atoms with Crippen molar-refractivity contribution in [2.45, 2.75) is 27.2 Å². The average molecular weight is 425 g/mol. The number of amides is 1. The third kappa shape index (κ3) is 4.99. The number of likely N-dealkylation sites (N-methyl/N-ethyl adjacent to an activating group) is 1. The summed E-state index contributed by atoms with van der Waals surface area (Å²) >= 11 is 1.60. The van der Waals surface area contributed by atoms with Crippen molar-refractivity contribution in [2.24, 2.45) is 0 Å². The van der Waals surface area contributed by atoms with Gasteiger partial charge in [-0.2, -0.15) is 0 Å². The normalized spacial score (nSPS) is 11.3. The van der Waals surface area contributed by atoms with Crippen molar-refractivity contribution in [1.82, 2.24) is 9.88 Å². The largest absolute Gasteiger partial charge is 0.378 e. The number of aromatic nitrogens is 1. The molecule has 0 aliphatic rings. The molecule has 0 unspecified atom stereocenters. The van der Waals surface area contributed by atoms with Gasteiger partial charge in [-0.15, -0.1) is 0 Å². The van der Waals surface area contributed by atoms with Crippen LogP contribution in [0.15, 0.2) is 42.5 Å². The highest BCUT2D eigenvalue weighted by molar-refractivity contribution is 7.22. The van der Waals surface area contributed by atoms with Crippen molar-refractivity contribution in [3.05, 3.63) is 53.6 Å². The molecule has 0 radical (unpaired) electrons. The summed E-state index contributed by atoms with van der Waals surface area (Å²) in [6.07, 6.45) is 0.992. The van der Waals surface area contributed by atoms with Gasteiger partial charge in [-0.3, -0.25) is 9.69 Å². The van der Waals surface area contributed by atoms with Crippen LogP contribution in [-0.4, -0.2) is 56.1 Å². The number of nitrogens with zero attached hydrogens (tertiary/aromatic N) is 4. The van der Waals surface area contributed by atoms with Gasteiger partial charge in [0.15, 0.2) is 5.13 Å². The zero-order valence-electron chi connectivity index (χ0n) is 18.7. The Morgan fingerprint density at radius 2 is 1.67 bits per heavy atom. The topological polar surface area (TPSA) is 39.7 Å². The molecule has 30 heavy (non-hydrogen) atoms. The minimum absolute atomic E-state index is 0.00207. The third-order valence-electron chi connectivity index (χ3n) is 5.49. The van der Waals surface area contributed by atoms with Crippen LogP contribution in [0.1, 0.15) is 36.7 Å². The SMILES string of the molecule is CCc1ccc2nc(N(CCN(CC)CC)C(=O)c3ccc(N(C)C)cc3)sc2c1. The number of fused-ring (bicyclic) bond motifs is 1. The molecule has 0 saturated heterocycles. The van der Waals surface area contributed by atoms with Crippen LogP contribution in [0.3, 0.4) is 0 Å². The van der Waals surface area contributed by atoms with E-state index in [1.165, 1.54) is 5.56 Å². The summed E-state index contributed by atoms with van der Waals surface area (Å²) < 4.78 is 1.13. The van der Waals surface area contributed by atoms with Crippen LogP contribution >= 0.6 is 11.3 Å². The molecule has 1 aromatic heterocycles. The Morgan fingerprint density at radius 3 is 2.27 bits per heavy atom. The first-order valence-electron chi connectivity index (χ1n) is 10.7. The fourth-order valence-corrected chi connectivity index (χ4v) is 4.47. The van der Waals surface area contributed by atoms with Gasteiger partial charge in [-0.1, -0.05) is 38.2 Å². The molecule has 3 aromatic rings. The summed E-state index contributed by atoms with van der Waals surface area (Å²) in [6.45, 7) is 9.84. The molecule has 0 atom stereocenters. The van der Waals surface area contributed by atoms with E-state index < -0.39 is 0 Å². The van der Waals surface area contributed by atoms with Crippen LogP contribution in [0.2, 0.25) is 0 Å². The Hall–Kier alpha value is -2.44. The molecule has 3 rings (SSSR count). The molecule has 0 bridgehead atoms. The Kier molecular flexibility index (Phi) is 7.45. The Morgan fingerprint density at radius 1 is 0.967 bits per heavy atom. The first-order chi connectivity index (χ1) is 14.5. The molecule has 6 heteroatoms. The molecule has 0 aliphatic carbocycles. The lowest BCUT2D eigenvalue weighted by atomic mass is 10.1. The number of rotatable bonds is 9. The lowest BCUT2D eigenvalue weighted by molar-refractivity contribution is 0.0984. The van der Waals surface area contributed by atoms with Gasteiger partial charge in [0, 0.05) is 38.4 Å². The zero-order valence-corrected chi connectivity index (χ0v) is 19.5. The van der Waals surface area contributed by atoms with E-state index in [1.807, 2.05) is 48.2 Å². The van der Waals surface area contributed by atoms with Gasteiger partial charge in [-0.05, 0) is 61.5 Å². The van der Waals surface area contributed by atoms with Gasteiger partial charge in [0.1, 0.15) is 0 Å². The second-order valence-electron chi connectivity index (χ2n) is 7.58. The molecular formula is C24H32N4OS. The summed E-state index contributed by atoms with van der Waals surface area (Å²) in [5.41, 5.74) is 4.01. The fourth-order valence-electron chi connectivity index (χ4n) is 3.42. The van der Waals surface area contributed by atoms with Crippen LogP contribution in [0.25, 0.3) is 10.2 Å². The van der Waals surface area contributed by atoms with Crippen LogP contribution in [0, 0.1) is 0 Å². The van der Waals surface area contributed by atoms with Gasteiger partial charge < -0.3 is 9.80 Å². The van der Waals surface area contributed by atoms with E-state index in [9.17, 15) is 4.79 Å². The molecule has 1 heterocycles. The molecule has 5 nitrogen and oxygen atoms in total. The highest BCUT2D eigenvalue weighted by atomic mass is 32.1. The van der Waals surface area contributed by atoms with Crippen molar-refractivity contribution in [3.63, 3.8) is 0 Å². The van der Waals surface area contributed by atoms with Crippen molar-refractivity contribution in [3.8, 4) is 0 Å². The van der Waals surface area contributed by atoms with E-state index in [0.717, 1.165) is 47.1 Å². The smallest absolute Gasteiger partial charge is 0.260 e. The number of thiazole rings is 1. The predicted octanol–water partition coefficient (Wildman–Crippen LogP) is 4.91. The maximum absolute atomic E-state index is 13.5. The number of carbonyl (C=O) groups excluding carboxylic acids is 1. The highest BCUT2D eigenvalue weighted by Crippen LogP contribution is 2.31. The monoisotopic (exact) mass is 424 g/mol. The van der Waals surface area contributed by atoms with Crippen LogP contribution in [0.4, 0.5) is 10.8 Å². The molecular weight excluding hydrogens is 392 g/mol. The van der Waals surface area contributed by atoms with E-state index in [1.54, 1.807) is 11.3 Å². The molecule has 0 aliphatic heterocycles. The molecule has 0 N–H and O–H groups in total. The number of hydrogen-bond donors (Lipinski definition) is 0. The molecule has 0 saturated carbocycles. The summed E-state index contributed by atoms with van der Waals surface area (Å²) in [6, 6.07) is 14.2. The molecule has 0 spiro atoms. The van der Waals surface area contributed by atoms with Gasteiger partial charge in [-0.25, -0.2) is 4.98 Å². The average Bonchev–Trinajstić information content (AvgIpc) is 3.19. The number of anilines is 2. The first-order valence-corrected chi connectivity index (χ1v) is 11.5. The van der Waals surface area contributed by atoms with Crippen molar-refractivity contribution in [2.75, 3.05) is 50.1 Å².